The molecule has 0 saturated heterocycles. The highest BCUT2D eigenvalue weighted by Crippen LogP contribution is 2.24. The van der Waals surface area contributed by atoms with Gasteiger partial charge in [-0.2, -0.15) is 0 Å². The second kappa shape index (κ2) is 5.90. The van der Waals surface area contributed by atoms with Crippen molar-refractivity contribution < 1.29 is 0 Å². The van der Waals surface area contributed by atoms with Crippen LogP contribution in [0.15, 0.2) is 23.4 Å². The van der Waals surface area contributed by atoms with Crippen molar-refractivity contribution in [2.24, 2.45) is 0 Å². The van der Waals surface area contributed by atoms with Gasteiger partial charge in [0.05, 0.1) is 0 Å². The molecule has 1 aliphatic heterocycles. The zero-order valence-corrected chi connectivity index (χ0v) is 9.77. The molecule has 1 nitrogen and oxygen atoms in total. The molecule has 0 aromatic heterocycles. The largest absolute Gasteiger partial charge is 0.384 e. The van der Waals surface area contributed by atoms with Crippen LogP contribution in [-0.4, -0.2) is 6.04 Å². The number of dihydropyridines is 1. The standard InChI is InChI=1S/C13H23N/c1-4-7-8-12-11(5-2)9-10-14-13(12)6-3/h9-10,13-14H,4-8H2,1-3H3. The SMILES string of the molecule is CCCCC1=C(CC)C=CNC1CC. The van der Waals surface area contributed by atoms with Crippen molar-refractivity contribution in [1.82, 2.24) is 5.32 Å². The van der Waals surface area contributed by atoms with Gasteiger partial charge in [-0.1, -0.05) is 27.2 Å². The smallest absolute Gasteiger partial charge is 0.0471 e. The Labute approximate surface area is 88.3 Å². The van der Waals surface area contributed by atoms with Gasteiger partial charge in [0.15, 0.2) is 0 Å². The third kappa shape index (κ3) is 2.63. The Morgan fingerprint density at radius 2 is 2.07 bits per heavy atom. The number of rotatable bonds is 5. The fraction of sp³-hybridized carbons (Fsp3) is 0.692. The van der Waals surface area contributed by atoms with E-state index in [1.54, 1.807) is 11.1 Å². The molecule has 0 aliphatic carbocycles. The molecule has 14 heavy (non-hydrogen) atoms. The Hall–Kier alpha value is -0.720. The molecule has 1 rings (SSSR count). The van der Waals surface area contributed by atoms with Crippen LogP contribution in [0, 0.1) is 0 Å². The maximum atomic E-state index is 3.45. The van der Waals surface area contributed by atoms with Gasteiger partial charge in [0.25, 0.3) is 0 Å². The first kappa shape index (κ1) is 11.4. The minimum absolute atomic E-state index is 0.599. The van der Waals surface area contributed by atoms with Crippen molar-refractivity contribution in [3.63, 3.8) is 0 Å². The zero-order valence-electron chi connectivity index (χ0n) is 9.77. The predicted octanol–water partition coefficient (Wildman–Crippen LogP) is 3.78. The topological polar surface area (TPSA) is 12.0 Å². The summed E-state index contributed by atoms with van der Waals surface area (Å²) >= 11 is 0. The predicted molar refractivity (Wildman–Crippen MR) is 63.2 cm³/mol. The Kier molecular flexibility index (Phi) is 4.78. The molecular weight excluding hydrogens is 170 g/mol. The second-order valence-electron chi connectivity index (χ2n) is 3.97. The van der Waals surface area contributed by atoms with Gasteiger partial charge in [-0.15, -0.1) is 0 Å². The lowest BCUT2D eigenvalue weighted by Crippen LogP contribution is -2.29. The van der Waals surface area contributed by atoms with E-state index >= 15 is 0 Å². The summed E-state index contributed by atoms with van der Waals surface area (Å²) in [5.41, 5.74) is 3.21. The molecule has 1 atom stereocenters. The molecule has 1 N–H and O–H groups in total. The van der Waals surface area contributed by atoms with Crippen molar-refractivity contribution in [3.05, 3.63) is 23.4 Å². The van der Waals surface area contributed by atoms with Gasteiger partial charge in [0, 0.05) is 6.04 Å². The molecular formula is C13H23N. The van der Waals surface area contributed by atoms with Gasteiger partial charge in [-0.3, -0.25) is 0 Å². The monoisotopic (exact) mass is 193 g/mol. The second-order valence-corrected chi connectivity index (χ2v) is 3.97. The summed E-state index contributed by atoms with van der Waals surface area (Å²) in [6.45, 7) is 6.78. The highest BCUT2D eigenvalue weighted by Gasteiger charge is 2.15. The fourth-order valence-corrected chi connectivity index (χ4v) is 2.11. The maximum Gasteiger partial charge on any atom is 0.0471 e. The first-order chi connectivity index (χ1) is 6.83. The molecule has 1 unspecified atom stereocenters. The molecule has 0 amide bonds. The van der Waals surface area contributed by atoms with Crippen LogP contribution in [0.5, 0.6) is 0 Å². The number of unbranched alkanes of at least 4 members (excludes halogenated alkanes) is 1. The third-order valence-corrected chi connectivity index (χ3v) is 3.00. The normalized spacial score (nSPS) is 21.2. The lowest BCUT2D eigenvalue weighted by molar-refractivity contribution is 0.587. The van der Waals surface area contributed by atoms with E-state index < -0.39 is 0 Å². The molecule has 0 spiro atoms. The Morgan fingerprint density at radius 3 is 2.64 bits per heavy atom. The van der Waals surface area contributed by atoms with Crippen molar-refractivity contribution >= 4 is 0 Å². The van der Waals surface area contributed by atoms with Crippen molar-refractivity contribution in [2.75, 3.05) is 0 Å². The van der Waals surface area contributed by atoms with E-state index in [9.17, 15) is 0 Å². The summed E-state index contributed by atoms with van der Waals surface area (Å²) in [5.74, 6) is 0. The molecule has 0 aromatic rings. The molecule has 1 heterocycles. The van der Waals surface area contributed by atoms with Gasteiger partial charge < -0.3 is 5.32 Å². The number of hydrogen-bond donors (Lipinski definition) is 1. The van der Waals surface area contributed by atoms with Crippen molar-refractivity contribution in [1.29, 1.82) is 0 Å². The van der Waals surface area contributed by atoms with Gasteiger partial charge in [-0.25, -0.2) is 0 Å². The van der Waals surface area contributed by atoms with Crippen LogP contribution in [0.3, 0.4) is 0 Å². The summed E-state index contributed by atoms with van der Waals surface area (Å²) in [4.78, 5) is 0. The van der Waals surface area contributed by atoms with Crippen LogP contribution < -0.4 is 5.32 Å². The van der Waals surface area contributed by atoms with Gasteiger partial charge in [0.1, 0.15) is 0 Å². The van der Waals surface area contributed by atoms with Crippen LogP contribution in [0.4, 0.5) is 0 Å². The van der Waals surface area contributed by atoms with E-state index in [-0.39, 0.29) is 0 Å². The maximum absolute atomic E-state index is 3.45. The van der Waals surface area contributed by atoms with E-state index in [2.05, 4.69) is 38.4 Å². The highest BCUT2D eigenvalue weighted by atomic mass is 14.9. The van der Waals surface area contributed by atoms with Gasteiger partial charge in [0.2, 0.25) is 0 Å². The van der Waals surface area contributed by atoms with Crippen LogP contribution in [-0.2, 0) is 0 Å². The molecule has 0 radical (unpaired) electrons. The molecule has 0 bridgehead atoms. The number of hydrogen-bond acceptors (Lipinski definition) is 1. The van der Waals surface area contributed by atoms with E-state index in [0.29, 0.717) is 6.04 Å². The Balaban J connectivity index is 2.74. The summed E-state index contributed by atoms with van der Waals surface area (Å²) in [6.07, 6.45) is 10.6. The zero-order chi connectivity index (χ0) is 10.4. The van der Waals surface area contributed by atoms with Crippen molar-refractivity contribution in [3.8, 4) is 0 Å². The Morgan fingerprint density at radius 1 is 1.29 bits per heavy atom. The third-order valence-electron chi connectivity index (χ3n) is 3.00. The van der Waals surface area contributed by atoms with Crippen LogP contribution in [0.25, 0.3) is 0 Å². The van der Waals surface area contributed by atoms with Crippen LogP contribution >= 0.6 is 0 Å². The molecule has 0 aromatic carbocycles. The minimum atomic E-state index is 0.599. The fourth-order valence-electron chi connectivity index (χ4n) is 2.11. The molecule has 80 valence electrons. The molecule has 0 saturated carbocycles. The van der Waals surface area contributed by atoms with E-state index in [1.807, 2.05) is 0 Å². The van der Waals surface area contributed by atoms with E-state index in [4.69, 9.17) is 0 Å². The molecule has 1 aliphatic rings. The molecule has 1 heteroatoms. The van der Waals surface area contributed by atoms with Crippen molar-refractivity contribution in [2.45, 2.75) is 58.9 Å². The summed E-state index contributed by atoms with van der Waals surface area (Å²) in [6, 6.07) is 0.599. The lowest BCUT2D eigenvalue weighted by Gasteiger charge is -2.25. The number of allylic oxidation sites excluding steroid dienone is 2. The van der Waals surface area contributed by atoms with Gasteiger partial charge >= 0.3 is 0 Å². The number of nitrogens with one attached hydrogen (secondary N) is 1. The van der Waals surface area contributed by atoms with Gasteiger partial charge in [-0.05, 0) is 49.1 Å². The summed E-state index contributed by atoms with van der Waals surface area (Å²) in [7, 11) is 0. The van der Waals surface area contributed by atoms with Crippen LogP contribution in [0.2, 0.25) is 0 Å². The van der Waals surface area contributed by atoms with Crippen LogP contribution in [0.1, 0.15) is 52.9 Å². The van der Waals surface area contributed by atoms with E-state index in [0.717, 1.165) is 0 Å². The summed E-state index contributed by atoms with van der Waals surface area (Å²) < 4.78 is 0. The quantitative estimate of drug-likeness (QED) is 0.700. The van der Waals surface area contributed by atoms with E-state index in [1.165, 1.54) is 32.1 Å². The average molecular weight is 193 g/mol. The first-order valence-corrected chi connectivity index (χ1v) is 5.97. The average Bonchev–Trinajstić information content (AvgIpc) is 2.25. The highest BCUT2D eigenvalue weighted by molar-refractivity contribution is 5.32. The minimum Gasteiger partial charge on any atom is -0.384 e. The lowest BCUT2D eigenvalue weighted by atomic mass is 9.90. The first-order valence-electron chi connectivity index (χ1n) is 5.97. The molecule has 0 fully saturated rings. The summed E-state index contributed by atoms with van der Waals surface area (Å²) in [5, 5.41) is 3.45. The Bertz CT molecular complexity index is 225.